The number of hydrogen-bond acceptors (Lipinski definition) is 4. The van der Waals surface area contributed by atoms with E-state index in [9.17, 15) is 8.42 Å². The van der Waals surface area contributed by atoms with Crippen LogP contribution in [0.5, 0.6) is 5.75 Å². The minimum Gasteiger partial charge on any atom is -0.495 e. The second kappa shape index (κ2) is 6.49. The Morgan fingerprint density at radius 2 is 1.86 bits per heavy atom. The van der Waals surface area contributed by atoms with Gasteiger partial charge in [0.2, 0.25) is 10.0 Å². The summed E-state index contributed by atoms with van der Waals surface area (Å²) in [5, 5.41) is 0. The van der Waals surface area contributed by atoms with Crippen molar-refractivity contribution in [2.45, 2.75) is 6.42 Å². The van der Waals surface area contributed by atoms with Crippen molar-refractivity contribution in [3.8, 4) is 5.75 Å². The number of rotatable bonds is 6. The van der Waals surface area contributed by atoms with Gasteiger partial charge in [-0.15, -0.1) is 0 Å². The van der Waals surface area contributed by atoms with Crippen LogP contribution >= 0.6 is 0 Å². The fourth-order valence-corrected chi connectivity index (χ4v) is 2.99. The van der Waals surface area contributed by atoms with Gasteiger partial charge in [-0.05, 0) is 24.1 Å². The first-order chi connectivity index (χ1) is 10.00. The number of sulfonamides is 1. The monoisotopic (exact) mass is 306 g/mol. The summed E-state index contributed by atoms with van der Waals surface area (Å²) in [5.41, 5.74) is 7.58. The van der Waals surface area contributed by atoms with Crippen molar-refractivity contribution in [1.29, 1.82) is 0 Å². The number of benzene rings is 2. The zero-order valence-electron chi connectivity index (χ0n) is 11.7. The molecule has 0 heterocycles. The lowest BCUT2D eigenvalue weighted by Crippen LogP contribution is -2.18. The summed E-state index contributed by atoms with van der Waals surface area (Å²) in [6, 6.07) is 14.3. The average molecular weight is 306 g/mol. The molecule has 112 valence electrons. The SMILES string of the molecule is COc1cc(NS(=O)(=O)CCc2ccccc2)ccc1N. The third-order valence-corrected chi connectivity index (χ3v) is 4.30. The van der Waals surface area contributed by atoms with Crippen molar-refractivity contribution in [2.24, 2.45) is 0 Å². The van der Waals surface area contributed by atoms with Crippen molar-refractivity contribution in [3.63, 3.8) is 0 Å². The Hall–Kier alpha value is -2.21. The number of anilines is 2. The number of aryl methyl sites for hydroxylation is 1. The summed E-state index contributed by atoms with van der Waals surface area (Å²) in [7, 11) is -1.93. The summed E-state index contributed by atoms with van der Waals surface area (Å²) >= 11 is 0. The largest absolute Gasteiger partial charge is 0.495 e. The Kier molecular flexibility index (Phi) is 4.70. The van der Waals surface area contributed by atoms with Crippen LogP contribution < -0.4 is 15.2 Å². The van der Waals surface area contributed by atoms with E-state index in [0.29, 0.717) is 23.5 Å². The maximum Gasteiger partial charge on any atom is 0.233 e. The van der Waals surface area contributed by atoms with Gasteiger partial charge in [0, 0.05) is 6.07 Å². The first-order valence-corrected chi connectivity index (χ1v) is 8.13. The van der Waals surface area contributed by atoms with E-state index in [4.69, 9.17) is 10.5 Å². The first kappa shape index (κ1) is 15.2. The highest BCUT2D eigenvalue weighted by Crippen LogP contribution is 2.25. The number of methoxy groups -OCH3 is 1. The molecule has 2 aromatic carbocycles. The summed E-state index contributed by atoms with van der Waals surface area (Å²) in [6.07, 6.45) is 0.461. The van der Waals surface area contributed by atoms with Crippen LogP contribution in [0.3, 0.4) is 0 Å². The molecule has 3 N–H and O–H groups in total. The minimum absolute atomic E-state index is 0.0176. The Morgan fingerprint density at radius 3 is 2.52 bits per heavy atom. The molecule has 0 aliphatic rings. The molecule has 0 saturated carbocycles. The van der Waals surface area contributed by atoms with E-state index in [0.717, 1.165) is 5.56 Å². The molecular weight excluding hydrogens is 288 g/mol. The molecule has 0 aliphatic carbocycles. The van der Waals surface area contributed by atoms with E-state index >= 15 is 0 Å². The third kappa shape index (κ3) is 4.39. The van der Waals surface area contributed by atoms with Gasteiger partial charge in [-0.3, -0.25) is 4.72 Å². The molecule has 0 bridgehead atoms. The average Bonchev–Trinajstić information content (AvgIpc) is 2.48. The molecular formula is C15H18N2O3S. The molecule has 6 heteroatoms. The normalized spacial score (nSPS) is 11.1. The van der Waals surface area contributed by atoms with Crippen LogP contribution in [-0.4, -0.2) is 21.3 Å². The maximum absolute atomic E-state index is 12.1. The lowest BCUT2D eigenvalue weighted by atomic mass is 10.2. The maximum atomic E-state index is 12.1. The van der Waals surface area contributed by atoms with Crippen molar-refractivity contribution in [2.75, 3.05) is 23.3 Å². The first-order valence-electron chi connectivity index (χ1n) is 6.48. The van der Waals surface area contributed by atoms with Gasteiger partial charge in [0.1, 0.15) is 5.75 Å². The summed E-state index contributed by atoms with van der Waals surface area (Å²) < 4.78 is 31.7. The van der Waals surface area contributed by atoms with E-state index in [-0.39, 0.29) is 5.75 Å². The van der Waals surface area contributed by atoms with Crippen molar-refractivity contribution >= 4 is 21.4 Å². The Labute approximate surface area is 124 Å². The van der Waals surface area contributed by atoms with Gasteiger partial charge < -0.3 is 10.5 Å². The molecule has 21 heavy (non-hydrogen) atoms. The molecule has 5 nitrogen and oxygen atoms in total. The van der Waals surface area contributed by atoms with Crippen molar-refractivity contribution < 1.29 is 13.2 Å². The fraction of sp³-hybridized carbons (Fsp3) is 0.200. The van der Waals surface area contributed by atoms with E-state index in [1.54, 1.807) is 18.2 Å². The molecule has 0 saturated heterocycles. The molecule has 2 rings (SSSR count). The van der Waals surface area contributed by atoms with Gasteiger partial charge in [0.25, 0.3) is 0 Å². The highest BCUT2D eigenvalue weighted by molar-refractivity contribution is 7.92. The number of nitrogens with one attached hydrogen (secondary N) is 1. The highest BCUT2D eigenvalue weighted by Gasteiger charge is 2.12. The van der Waals surface area contributed by atoms with Gasteiger partial charge in [-0.1, -0.05) is 30.3 Å². The molecule has 2 aromatic rings. The predicted molar refractivity (Wildman–Crippen MR) is 85.0 cm³/mol. The summed E-state index contributed by atoms with van der Waals surface area (Å²) in [5.74, 6) is 0.460. The smallest absolute Gasteiger partial charge is 0.233 e. The van der Waals surface area contributed by atoms with E-state index in [2.05, 4.69) is 4.72 Å². The van der Waals surface area contributed by atoms with Crippen molar-refractivity contribution in [3.05, 3.63) is 54.1 Å². The number of nitrogens with two attached hydrogens (primary N) is 1. The number of ether oxygens (including phenoxy) is 1. The minimum atomic E-state index is -3.42. The summed E-state index contributed by atoms with van der Waals surface area (Å²) in [4.78, 5) is 0. The predicted octanol–water partition coefficient (Wildman–Crippen LogP) is 2.26. The zero-order valence-corrected chi connectivity index (χ0v) is 12.6. The van der Waals surface area contributed by atoms with Gasteiger partial charge in [0.05, 0.1) is 24.2 Å². The third-order valence-electron chi connectivity index (χ3n) is 3.01. The molecule has 0 spiro atoms. The number of nitrogen functional groups attached to an aromatic ring is 1. The Bertz CT molecular complexity index is 700. The molecule has 0 unspecified atom stereocenters. The summed E-state index contributed by atoms with van der Waals surface area (Å²) in [6.45, 7) is 0. The van der Waals surface area contributed by atoms with Crippen molar-refractivity contribution in [1.82, 2.24) is 0 Å². The molecule has 0 amide bonds. The molecule has 0 radical (unpaired) electrons. The van der Waals surface area contributed by atoms with Gasteiger partial charge in [-0.25, -0.2) is 8.42 Å². The van der Waals surface area contributed by atoms with Crippen LogP contribution in [0.4, 0.5) is 11.4 Å². The van der Waals surface area contributed by atoms with Crippen LogP contribution in [0.1, 0.15) is 5.56 Å². The molecule has 0 atom stereocenters. The van der Waals surface area contributed by atoms with E-state index in [1.165, 1.54) is 7.11 Å². The van der Waals surface area contributed by atoms with Gasteiger partial charge in [-0.2, -0.15) is 0 Å². The topological polar surface area (TPSA) is 81.4 Å². The van der Waals surface area contributed by atoms with Crippen LogP contribution in [0.15, 0.2) is 48.5 Å². The quantitative estimate of drug-likeness (QED) is 0.802. The highest BCUT2D eigenvalue weighted by atomic mass is 32.2. The van der Waals surface area contributed by atoms with Crippen LogP contribution in [0.25, 0.3) is 0 Å². The zero-order chi connectivity index (χ0) is 15.3. The Morgan fingerprint density at radius 1 is 1.14 bits per heavy atom. The van der Waals surface area contributed by atoms with Gasteiger partial charge in [0.15, 0.2) is 0 Å². The van der Waals surface area contributed by atoms with Gasteiger partial charge >= 0.3 is 0 Å². The fourth-order valence-electron chi connectivity index (χ4n) is 1.90. The Balaban J connectivity index is 2.04. The molecule has 0 aliphatic heterocycles. The second-order valence-electron chi connectivity index (χ2n) is 4.61. The van der Waals surface area contributed by atoms with Crippen LogP contribution in [-0.2, 0) is 16.4 Å². The standard InChI is InChI=1S/C15H18N2O3S/c1-20-15-11-13(7-8-14(15)16)17-21(18,19)10-9-12-5-3-2-4-6-12/h2-8,11,17H,9-10,16H2,1H3. The van der Waals surface area contributed by atoms with E-state index < -0.39 is 10.0 Å². The van der Waals surface area contributed by atoms with Crippen LogP contribution in [0, 0.1) is 0 Å². The van der Waals surface area contributed by atoms with Crippen LogP contribution in [0.2, 0.25) is 0 Å². The second-order valence-corrected chi connectivity index (χ2v) is 6.46. The number of hydrogen-bond donors (Lipinski definition) is 2. The molecule has 0 fully saturated rings. The van der Waals surface area contributed by atoms with E-state index in [1.807, 2.05) is 30.3 Å². The lowest BCUT2D eigenvalue weighted by Gasteiger charge is -2.10. The molecule has 0 aromatic heterocycles. The lowest BCUT2D eigenvalue weighted by molar-refractivity contribution is 0.417.